The Kier molecular flexibility index (Phi) is 2.73. The highest BCUT2D eigenvalue weighted by molar-refractivity contribution is 5.94. The third-order valence-corrected chi connectivity index (χ3v) is 2.71. The van der Waals surface area contributed by atoms with Crippen LogP contribution in [0.15, 0.2) is 12.4 Å². The molecule has 0 bridgehead atoms. The third kappa shape index (κ3) is 2.02. The minimum Gasteiger partial charge on any atom is -0.333 e. The first-order valence-corrected chi connectivity index (χ1v) is 5.19. The largest absolute Gasteiger partial charge is 0.333 e. The maximum atomic E-state index is 12.1. The average Bonchev–Trinajstić information content (AvgIpc) is 2.65. The van der Waals surface area contributed by atoms with Crippen molar-refractivity contribution in [3.8, 4) is 0 Å². The van der Waals surface area contributed by atoms with Crippen molar-refractivity contribution in [3.05, 3.63) is 18.0 Å². The number of aryl methyl sites for hydroxylation is 1. The van der Waals surface area contributed by atoms with Crippen LogP contribution < -0.4 is 5.32 Å². The van der Waals surface area contributed by atoms with E-state index < -0.39 is 0 Å². The molecule has 1 amide bonds. The van der Waals surface area contributed by atoms with Crippen LogP contribution in [0.3, 0.4) is 0 Å². The molecule has 1 unspecified atom stereocenters. The standard InChI is InChI=1S/C10H16N4O/c1-8-5-11-3-4-14(8)10(15)9-6-12-13(2)7-9/h6-8,11H,3-5H2,1-2H3. The zero-order chi connectivity index (χ0) is 10.8. The molecule has 1 aliphatic rings. The second kappa shape index (κ2) is 4.02. The summed E-state index contributed by atoms with van der Waals surface area (Å²) in [6, 6.07) is 0.256. The highest BCUT2D eigenvalue weighted by atomic mass is 16.2. The lowest BCUT2D eigenvalue weighted by Crippen LogP contribution is -2.52. The van der Waals surface area contributed by atoms with Gasteiger partial charge in [0, 0.05) is 38.9 Å². The number of piperazine rings is 1. The fourth-order valence-corrected chi connectivity index (χ4v) is 1.84. The van der Waals surface area contributed by atoms with E-state index in [-0.39, 0.29) is 11.9 Å². The maximum Gasteiger partial charge on any atom is 0.257 e. The number of nitrogens with one attached hydrogen (secondary N) is 1. The van der Waals surface area contributed by atoms with Crippen LogP contribution in [0.5, 0.6) is 0 Å². The topological polar surface area (TPSA) is 50.2 Å². The second-order valence-electron chi connectivity index (χ2n) is 3.95. The van der Waals surface area contributed by atoms with Crippen molar-refractivity contribution in [1.29, 1.82) is 0 Å². The summed E-state index contributed by atoms with van der Waals surface area (Å²) in [6.07, 6.45) is 3.38. The van der Waals surface area contributed by atoms with Crippen LogP contribution in [-0.2, 0) is 7.05 Å². The SMILES string of the molecule is CC1CNCCN1C(=O)c1cnn(C)c1. The quantitative estimate of drug-likeness (QED) is 0.698. The van der Waals surface area contributed by atoms with E-state index in [4.69, 9.17) is 0 Å². The molecule has 1 atom stereocenters. The van der Waals surface area contributed by atoms with Crippen molar-refractivity contribution in [3.63, 3.8) is 0 Å². The smallest absolute Gasteiger partial charge is 0.257 e. The number of carbonyl (C=O) groups is 1. The summed E-state index contributed by atoms with van der Waals surface area (Å²) in [5.41, 5.74) is 0.672. The van der Waals surface area contributed by atoms with Gasteiger partial charge in [-0.15, -0.1) is 0 Å². The Labute approximate surface area is 89.1 Å². The summed E-state index contributed by atoms with van der Waals surface area (Å²) in [7, 11) is 1.82. The van der Waals surface area contributed by atoms with Crippen molar-refractivity contribution in [2.24, 2.45) is 7.05 Å². The summed E-state index contributed by atoms with van der Waals surface area (Å²) < 4.78 is 1.65. The minimum absolute atomic E-state index is 0.0806. The number of hydrogen-bond acceptors (Lipinski definition) is 3. The average molecular weight is 208 g/mol. The summed E-state index contributed by atoms with van der Waals surface area (Å²) in [6.45, 7) is 4.57. The molecule has 15 heavy (non-hydrogen) atoms. The molecule has 1 saturated heterocycles. The highest BCUT2D eigenvalue weighted by Gasteiger charge is 2.24. The van der Waals surface area contributed by atoms with Crippen molar-refractivity contribution < 1.29 is 4.79 Å². The van der Waals surface area contributed by atoms with Gasteiger partial charge in [-0.1, -0.05) is 0 Å². The number of rotatable bonds is 1. The molecule has 5 heteroatoms. The Morgan fingerprint density at radius 2 is 2.47 bits per heavy atom. The zero-order valence-corrected chi connectivity index (χ0v) is 9.10. The van der Waals surface area contributed by atoms with Gasteiger partial charge in [0.05, 0.1) is 11.8 Å². The highest BCUT2D eigenvalue weighted by Crippen LogP contribution is 2.09. The predicted molar refractivity (Wildman–Crippen MR) is 56.6 cm³/mol. The minimum atomic E-state index is 0.0806. The monoisotopic (exact) mass is 208 g/mol. The molecule has 1 fully saturated rings. The lowest BCUT2D eigenvalue weighted by Gasteiger charge is -2.33. The van der Waals surface area contributed by atoms with Crippen LogP contribution in [0.25, 0.3) is 0 Å². The lowest BCUT2D eigenvalue weighted by atomic mass is 10.2. The number of aromatic nitrogens is 2. The van der Waals surface area contributed by atoms with Gasteiger partial charge in [-0.3, -0.25) is 9.48 Å². The molecule has 0 aromatic carbocycles. The molecule has 0 saturated carbocycles. The number of carbonyl (C=O) groups excluding carboxylic acids is 1. The predicted octanol–water partition coefficient (Wildman–Crippen LogP) is -0.146. The molecule has 82 valence electrons. The van der Waals surface area contributed by atoms with Crippen LogP contribution in [0.1, 0.15) is 17.3 Å². The van der Waals surface area contributed by atoms with Crippen LogP contribution in [0.2, 0.25) is 0 Å². The first kappa shape index (κ1) is 10.2. The van der Waals surface area contributed by atoms with Crippen LogP contribution >= 0.6 is 0 Å². The van der Waals surface area contributed by atoms with Gasteiger partial charge in [0.2, 0.25) is 0 Å². The van der Waals surface area contributed by atoms with E-state index in [0.29, 0.717) is 5.56 Å². The molecule has 0 spiro atoms. The van der Waals surface area contributed by atoms with Gasteiger partial charge in [0.15, 0.2) is 0 Å². The molecule has 0 aliphatic carbocycles. The molecule has 1 N–H and O–H groups in total. The molecular formula is C10H16N4O. The molecule has 2 heterocycles. The Bertz CT molecular complexity index is 360. The Morgan fingerprint density at radius 3 is 3.07 bits per heavy atom. The van der Waals surface area contributed by atoms with Gasteiger partial charge >= 0.3 is 0 Å². The molecule has 1 aromatic heterocycles. The molecule has 0 radical (unpaired) electrons. The van der Waals surface area contributed by atoms with Crippen LogP contribution in [0.4, 0.5) is 0 Å². The van der Waals surface area contributed by atoms with E-state index in [1.165, 1.54) is 0 Å². The Morgan fingerprint density at radius 1 is 1.67 bits per heavy atom. The number of nitrogens with zero attached hydrogens (tertiary/aromatic N) is 3. The van der Waals surface area contributed by atoms with Gasteiger partial charge in [0.25, 0.3) is 5.91 Å². The first-order valence-electron chi connectivity index (χ1n) is 5.19. The fourth-order valence-electron chi connectivity index (χ4n) is 1.84. The van der Waals surface area contributed by atoms with E-state index >= 15 is 0 Å². The number of amides is 1. The summed E-state index contributed by atoms with van der Waals surface area (Å²) in [4.78, 5) is 14.0. The van der Waals surface area contributed by atoms with Crippen molar-refractivity contribution in [2.75, 3.05) is 19.6 Å². The van der Waals surface area contributed by atoms with Crippen molar-refractivity contribution in [1.82, 2.24) is 20.0 Å². The molecule has 5 nitrogen and oxygen atoms in total. The zero-order valence-electron chi connectivity index (χ0n) is 9.10. The van der Waals surface area contributed by atoms with Crippen LogP contribution in [-0.4, -0.2) is 46.3 Å². The molecule has 1 aromatic rings. The summed E-state index contributed by atoms with van der Waals surface area (Å²) >= 11 is 0. The van der Waals surface area contributed by atoms with Gasteiger partial charge in [-0.05, 0) is 6.92 Å². The van der Waals surface area contributed by atoms with E-state index in [1.54, 1.807) is 17.1 Å². The fraction of sp³-hybridized carbons (Fsp3) is 0.600. The summed E-state index contributed by atoms with van der Waals surface area (Å²) in [5.74, 6) is 0.0806. The van der Waals surface area contributed by atoms with Crippen molar-refractivity contribution in [2.45, 2.75) is 13.0 Å². The number of hydrogen-bond donors (Lipinski definition) is 1. The summed E-state index contributed by atoms with van der Waals surface area (Å²) in [5, 5.41) is 7.27. The van der Waals surface area contributed by atoms with Gasteiger partial charge in [0.1, 0.15) is 0 Å². The normalized spacial score (nSPS) is 21.7. The Hall–Kier alpha value is -1.36. The molecule has 1 aliphatic heterocycles. The van der Waals surface area contributed by atoms with Crippen molar-refractivity contribution >= 4 is 5.91 Å². The van der Waals surface area contributed by atoms with E-state index in [9.17, 15) is 4.79 Å². The second-order valence-corrected chi connectivity index (χ2v) is 3.95. The van der Waals surface area contributed by atoms with E-state index in [2.05, 4.69) is 17.3 Å². The van der Waals surface area contributed by atoms with Gasteiger partial charge in [-0.2, -0.15) is 5.10 Å². The van der Waals surface area contributed by atoms with E-state index in [1.807, 2.05) is 11.9 Å². The third-order valence-electron chi connectivity index (χ3n) is 2.71. The molecule has 2 rings (SSSR count). The lowest BCUT2D eigenvalue weighted by molar-refractivity contribution is 0.0655. The first-order chi connectivity index (χ1) is 7.18. The van der Waals surface area contributed by atoms with Gasteiger partial charge in [-0.25, -0.2) is 0 Å². The van der Waals surface area contributed by atoms with E-state index in [0.717, 1.165) is 19.6 Å². The van der Waals surface area contributed by atoms with Crippen LogP contribution in [0, 0.1) is 0 Å². The molecular weight excluding hydrogens is 192 g/mol. The maximum absolute atomic E-state index is 12.1. The van der Waals surface area contributed by atoms with Gasteiger partial charge < -0.3 is 10.2 Å². The Balaban J connectivity index is 2.13.